The lowest BCUT2D eigenvalue weighted by Crippen LogP contribution is -2.33. The third-order valence-corrected chi connectivity index (χ3v) is 7.35. The number of nitrogens with one attached hydrogen (secondary N) is 2. The average Bonchev–Trinajstić information content (AvgIpc) is 2.95. The minimum atomic E-state index is -1.09. The lowest BCUT2D eigenvalue weighted by Gasteiger charge is -2.21. The maximum absolute atomic E-state index is 12.3. The molecule has 3 rings (SSSR count). The summed E-state index contributed by atoms with van der Waals surface area (Å²) in [5, 5.41) is 29.0. The third-order valence-electron chi connectivity index (χ3n) is 7.35. The summed E-state index contributed by atoms with van der Waals surface area (Å²) in [7, 11) is 0. The standard InChI is InChI=1S/C32H44N4O4/c33-12-4-14-35-16-10-26-21-25-9-8-24(18-28(25)22-27(26)11-17-36-15-5-13-34)20-30(32(39)40)29(31(37)38)19-23-6-2-1-3-7-23/h1-3,6-9,18,21-22,29-30,35-36H,4-5,10-17,19-20,33-34H2,(H,37,38)(H,39,40). The number of carboxylic acids is 2. The van der Waals surface area contributed by atoms with Gasteiger partial charge in [-0.15, -0.1) is 0 Å². The highest BCUT2D eigenvalue weighted by Crippen LogP contribution is 2.27. The zero-order chi connectivity index (χ0) is 28.7. The van der Waals surface area contributed by atoms with Gasteiger partial charge in [0.15, 0.2) is 0 Å². The first kappa shape index (κ1) is 31.2. The van der Waals surface area contributed by atoms with E-state index in [1.165, 1.54) is 11.1 Å². The van der Waals surface area contributed by atoms with Crippen molar-refractivity contribution in [1.29, 1.82) is 0 Å². The first-order valence-electron chi connectivity index (χ1n) is 14.3. The molecular weight excluding hydrogens is 504 g/mol. The van der Waals surface area contributed by atoms with Crippen LogP contribution in [0.1, 0.15) is 35.1 Å². The number of benzene rings is 3. The molecule has 0 aliphatic heterocycles. The Labute approximate surface area is 237 Å². The number of rotatable bonds is 19. The Balaban J connectivity index is 1.83. The fourth-order valence-electron chi connectivity index (χ4n) is 5.11. The molecule has 8 nitrogen and oxygen atoms in total. The quantitative estimate of drug-likeness (QED) is 0.125. The smallest absolute Gasteiger partial charge is 0.307 e. The molecule has 0 saturated carbocycles. The molecule has 3 aromatic rings. The molecule has 0 bridgehead atoms. The number of carbonyl (C=O) groups is 2. The van der Waals surface area contributed by atoms with Gasteiger partial charge in [0.2, 0.25) is 0 Å². The molecule has 0 spiro atoms. The van der Waals surface area contributed by atoms with Crippen LogP contribution in [0.4, 0.5) is 0 Å². The van der Waals surface area contributed by atoms with E-state index in [2.05, 4.69) is 22.8 Å². The Bertz CT molecular complexity index is 1220. The van der Waals surface area contributed by atoms with Gasteiger partial charge in [0.1, 0.15) is 0 Å². The van der Waals surface area contributed by atoms with Gasteiger partial charge >= 0.3 is 11.9 Å². The fourth-order valence-corrected chi connectivity index (χ4v) is 5.11. The van der Waals surface area contributed by atoms with E-state index in [9.17, 15) is 19.8 Å². The van der Waals surface area contributed by atoms with E-state index in [0.717, 1.165) is 73.8 Å². The molecule has 216 valence electrons. The van der Waals surface area contributed by atoms with Crippen molar-refractivity contribution in [3.05, 3.63) is 82.9 Å². The summed E-state index contributed by atoms with van der Waals surface area (Å²) in [6, 6.07) is 19.6. The Morgan fingerprint density at radius 3 is 1.70 bits per heavy atom. The first-order chi connectivity index (χ1) is 19.4. The largest absolute Gasteiger partial charge is 0.481 e. The summed E-state index contributed by atoms with van der Waals surface area (Å²) in [4.78, 5) is 24.4. The lowest BCUT2D eigenvalue weighted by atomic mass is 9.82. The van der Waals surface area contributed by atoms with E-state index < -0.39 is 23.8 Å². The predicted molar refractivity (Wildman–Crippen MR) is 161 cm³/mol. The topological polar surface area (TPSA) is 151 Å². The zero-order valence-corrected chi connectivity index (χ0v) is 23.3. The SMILES string of the molecule is NCCCNCCc1cc2ccc(CC(C(=O)O)C(Cc3ccccc3)C(=O)O)cc2cc1CCNCCCN. The molecule has 8 N–H and O–H groups in total. The monoisotopic (exact) mass is 548 g/mol. The van der Waals surface area contributed by atoms with Crippen LogP contribution in [0, 0.1) is 11.8 Å². The normalized spacial score (nSPS) is 12.8. The molecule has 0 radical (unpaired) electrons. The van der Waals surface area contributed by atoms with Crippen LogP contribution in [0.3, 0.4) is 0 Å². The molecule has 0 aromatic heterocycles. The van der Waals surface area contributed by atoms with Crippen LogP contribution in [-0.2, 0) is 35.3 Å². The van der Waals surface area contributed by atoms with Crippen molar-refractivity contribution in [1.82, 2.24) is 10.6 Å². The van der Waals surface area contributed by atoms with E-state index in [1.807, 2.05) is 48.5 Å². The van der Waals surface area contributed by atoms with E-state index in [0.29, 0.717) is 13.1 Å². The average molecular weight is 549 g/mol. The van der Waals surface area contributed by atoms with E-state index in [4.69, 9.17) is 11.5 Å². The summed E-state index contributed by atoms with van der Waals surface area (Å²) < 4.78 is 0. The summed E-state index contributed by atoms with van der Waals surface area (Å²) in [6.45, 7) is 4.84. The van der Waals surface area contributed by atoms with Gasteiger partial charge in [-0.25, -0.2) is 0 Å². The maximum atomic E-state index is 12.3. The molecule has 0 heterocycles. The molecule has 3 aromatic carbocycles. The van der Waals surface area contributed by atoms with Crippen LogP contribution in [0.25, 0.3) is 10.8 Å². The Morgan fingerprint density at radius 1 is 0.650 bits per heavy atom. The Morgan fingerprint density at radius 2 is 1.18 bits per heavy atom. The summed E-state index contributed by atoms with van der Waals surface area (Å²) in [5.74, 6) is -4.25. The molecular formula is C32H44N4O4. The van der Waals surface area contributed by atoms with Crippen LogP contribution in [0.5, 0.6) is 0 Å². The number of carboxylic acid groups (broad SMARTS) is 2. The van der Waals surface area contributed by atoms with Crippen LogP contribution in [0.2, 0.25) is 0 Å². The minimum absolute atomic E-state index is 0.151. The van der Waals surface area contributed by atoms with Gasteiger partial charge in [-0.05, 0) is 111 Å². The van der Waals surface area contributed by atoms with Crippen molar-refractivity contribution in [2.75, 3.05) is 39.3 Å². The van der Waals surface area contributed by atoms with Gasteiger partial charge in [0, 0.05) is 0 Å². The predicted octanol–water partition coefficient (Wildman–Crippen LogP) is 2.99. The lowest BCUT2D eigenvalue weighted by molar-refractivity contribution is -0.153. The van der Waals surface area contributed by atoms with E-state index in [-0.39, 0.29) is 12.8 Å². The van der Waals surface area contributed by atoms with Crippen LogP contribution in [0.15, 0.2) is 60.7 Å². The van der Waals surface area contributed by atoms with Crippen molar-refractivity contribution >= 4 is 22.7 Å². The highest BCUT2D eigenvalue weighted by Gasteiger charge is 2.34. The van der Waals surface area contributed by atoms with Crippen LogP contribution in [-0.4, -0.2) is 61.4 Å². The molecule has 8 heteroatoms. The fraction of sp³-hybridized carbons (Fsp3) is 0.438. The second-order valence-electron chi connectivity index (χ2n) is 10.4. The van der Waals surface area contributed by atoms with Crippen LogP contribution < -0.4 is 22.1 Å². The molecule has 0 amide bonds. The second kappa shape index (κ2) is 16.7. The highest BCUT2D eigenvalue weighted by molar-refractivity contribution is 5.85. The van der Waals surface area contributed by atoms with E-state index >= 15 is 0 Å². The summed E-state index contributed by atoms with van der Waals surface area (Å²) in [5.41, 5.74) is 15.4. The Hall–Kier alpha value is -3.30. The van der Waals surface area contributed by atoms with Crippen LogP contribution >= 0.6 is 0 Å². The van der Waals surface area contributed by atoms with Gasteiger partial charge in [-0.1, -0.05) is 60.7 Å². The van der Waals surface area contributed by atoms with Gasteiger partial charge < -0.3 is 32.3 Å². The van der Waals surface area contributed by atoms with Crippen molar-refractivity contribution in [2.45, 2.75) is 38.5 Å². The van der Waals surface area contributed by atoms with Crippen molar-refractivity contribution in [3.63, 3.8) is 0 Å². The van der Waals surface area contributed by atoms with Crippen molar-refractivity contribution in [2.24, 2.45) is 23.3 Å². The number of nitrogens with two attached hydrogens (primary N) is 2. The maximum Gasteiger partial charge on any atom is 0.307 e. The van der Waals surface area contributed by atoms with Crippen molar-refractivity contribution in [3.8, 4) is 0 Å². The molecule has 0 fully saturated rings. The van der Waals surface area contributed by atoms with Gasteiger partial charge in [0.25, 0.3) is 0 Å². The second-order valence-corrected chi connectivity index (χ2v) is 10.4. The molecule has 40 heavy (non-hydrogen) atoms. The third kappa shape index (κ3) is 9.71. The zero-order valence-electron chi connectivity index (χ0n) is 23.3. The molecule has 2 unspecified atom stereocenters. The first-order valence-corrected chi connectivity index (χ1v) is 14.3. The Kier molecular flexibility index (Phi) is 13.1. The summed E-state index contributed by atoms with van der Waals surface area (Å²) in [6.07, 6.45) is 3.98. The van der Waals surface area contributed by atoms with E-state index in [1.54, 1.807) is 0 Å². The molecule has 0 saturated heterocycles. The van der Waals surface area contributed by atoms with Crippen molar-refractivity contribution < 1.29 is 19.8 Å². The molecule has 0 aliphatic rings. The van der Waals surface area contributed by atoms with Gasteiger partial charge in [-0.3, -0.25) is 9.59 Å². The number of fused-ring (bicyclic) bond motifs is 1. The van der Waals surface area contributed by atoms with Gasteiger partial charge in [0.05, 0.1) is 11.8 Å². The molecule has 2 atom stereocenters. The minimum Gasteiger partial charge on any atom is -0.481 e. The molecule has 0 aliphatic carbocycles. The number of aliphatic carboxylic acids is 2. The van der Waals surface area contributed by atoms with Gasteiger partial charge in [-0.2, -0.15) is 0 Å². The number of hydrogen-bond donors (Lipinski definition) is 6. The summed E-state index contributed by atoms with van der Waals surface area (Å²) >= 11 is 0. The number of hydrogen-bond acceptors (Lipinski definition) is 6. The highest BCUT2D eigenvalue weighted by atomic mass is 16.4.